The van der Waals surface area contributed by atoms with E-state index in [1.165, 1.54) is 0 Å². The van der Waals surface area contributed by atoms with Crippen LogP contribution in [0.25, 0.3) is 6.08 Å². The Hall–Kier alpha value is -1.31. The van der Waals surface area contributed by atoms with Gasteiger partial charge in [-0.25, -0.2) is 4.98 Å². The van der Waals surface area contributed by atoms with E-state index in [-0.39, 0.29) is 0 Å². The van der Waals surface area contributed by atoms with E-state index in [4.69, 9.17) is 0 Å². The molecule has 1 aromatic rings. The van der Waals surface area contributed by atoms with Crippen LogP contribution in [0.4, 0.5) is 0 Å². The van der Waals surface area contributed by atoms with Crippen molar-refractivity contribution in [3.63, 3.8) is 0 Å². The second-order valence-electron chi connectivity index (χ2n) is 2.49. The summed E-state index contributed by atoms with van der Waals surface area (Å²) in [5, 5.41) is 0. The second kappa shape index (κ2) is 3.19. The molecule has 0 amide bonds. The van der Waals surface area contributed by atoms with Crippen molar-refractivity contribution in [3.05, 3.63) is 36.4 Å². The van der Waals surface area contributed by atoms with Crippen molar-refractivity contribution in [3.8, 4) is 0 Å². The van der Waals surface area contributed by atoms with Crippen LogP contribution in [0.15, 0.2) is 30.6 Å². The van der Waals surface area contributed by atoms with Crippen molar-refractivity contribution < 1.29 is 0 Å². The minimum Gasteiger partial charge on any atom is -0.335 e. The van der Waals surface area contributed by atoms with Crippen molar-refractivity contribution in [1.82, 2.24) is 9.55 Å². The Kier molecular flexibility index (Phi) is 2.26. The Balaban J connectivity index is 2.94. The highest BCUT2D eigenvalue weighted by molar-refractivity contribution is 5.48. The highest BCUT2D eigenvalue weighted by atomic mass is 15.0. The predicted molar refractivity (Wildman–Crippen MR) is 47.1 cm³/mol. The highest BCUT2D eigenvalue weighted by Gasteiger charge is 1.92. The highest BCUT2D eigenvalue weighted by Crippen LogP contribution is 2.02. The van der Waals surface area contributed by atoms with E-state index in [0.29, 0.717) is 0 Å². The van der Waals surface area contributed by atoms with E-state index in [1.54, 1.807) is 6.20 Å². The summed E-state index contributed by atoms with van der Waals surface area (Å²) < 4.78 is 1.97. The Morgan fingerprint density at radius 3 is 2.91 bits per heavy atom. The maximum absolute atomic E-state index is 4.14. The monoisotopic (exact) mass is 148 g/mol. The summed E-state index contributed by atoms with van der Waals surface area (Å²) in [6, 6.07) is 0. The van der Waals surface area contributed by atoms with Gasteiger partial charge in [0.2, 0.25) is 0 Å². The topological polar surface area (TPSA) is 17.8 Å². The van der Waals surface area contributed by atoms with Crippen LogP contribution in [0, 0.1) is 0 Å². The molecular formula is C9H12N2. The molecule has 1 rings (SSSR count). The molecule has 0 aliphatic heterocycles. The molecule has 0 unspecified atom stereocenters. The van der Waals surface area contributed by atoms with E-state index >= 15 is 0 Å². The summed E-state index contributed by atoms with van der Waals surface area (Å²) in [4.78, 5) is 4.14. The zero-order valence-corrected chi connectivity index (χ0v) is 6.91. The molecule has 2 nitrogen and oxygen atoms in total. The fourth-order valence-electron chi connectivity index (χ4n) is 0.779. The van der Waals surface area contributed by atoms with Crippen LogP contribution in [0.2, 0.25) is 0 Å². The van der Waals surface area contributed by atoms with E-state index in [1.807, 2.05) is 36.9 Å². The van der Waals surface area contributed by atoms with Crippen LogP contribution in [0.5, 0.6) is 0 Å². The van der Waals surface area contributed by atoms with Gasteiger partial charge in [-0.3, -0.25) is 0 Å². The Labute approximate surface area is 66.9 Å². The molecule has 0 aliphatic rings. The van der Waals surface area contributed by atoms with Gasteiger partial charge >= 0.3 is 0 Å². The predicted octanol–water partition coefficient (Wildman–Crippen LogP) is 2.01. The Morgan fingerprint density at radius 1 is 1.73 bits per heavy atom. The van der Waals surface area contributed by atoms with E-state index < -0.39 is 0 Å². The summed E-state index contributed by atoms with van der Waals surface area (Å²) >= 11 is 0. The van der Waals surface area contributed by atoms with Crippen LogP contribution < -0.4 is 0 Å². The average molecular weight is 148 g/mol. The van der Waals surface area contributed by atoms with Crippen LogP contribution >= 0.6 is 0 Å². The smallest absolute Gasteiger partial charge is 0.132 e. The standard InChI is InChI=1S/C9H12N2/c1-4-8(2)7-9-10-5-6-11(9)3/h4-7H,1H2,2-3H3/b8-7-. The minimum atomic E-state index is 0.961. The third-order valence-electron chi connectivity index (χ3n) is 1.54. The Bertz CT molecular complexity index is 282. The first kappa shape index (κ1) is 7.79. The molecule has 1 aromatic heterocycles. The molecular weight excluding hydrogens is 136 g/mol. The molecule has 0 saturated carbocycles. The fraction of sp³-hybridized carbons (Fsp3) is 0.222. The van der Waals surface area contributed by atoms with Gasteiger partial charge in [-0.1, -0.05) is 12.7 Å². The molecule has 58 valence electrons. The molecule has 0 N–H and O–H groups in total. The lowest BCUT2D eigenvalue weighted by atomic mass is 10.3. The molecule has 1 heterocycles. The van der Waals surface area contributed by atoms with Crippen molar-refractivity contribution in [2.24, 2.45) is 7.05 Å². The first-order valence-corrected chi connectivity index (χ1v) is 3.52. The lowest BCUT2D eigenvalue weighted by Crippen LogP contribution is -1.89. The maximum atomic E-state index is 4.14. The molecule has 0 saturated heterocycles. The van der Waals surface area contributed by atoms with E-state index in [9.17, 15) is 0 Å². The van der Waals surface area contributed by atoms with Gasteiger partial charge in [0.15, 0.2) is 0 Å². The normalized spacial score (nSPS) is 11.6. The van der Waals surface area contributed by atoms with Gasteiger partial charge in [-0.15, -0.1) is 0 Å². The van der Waals surface area contributed by atoms with Crippen molar-refractivity contribution in [1.29, 1.82) is 0 Å². The molecule has 0 fully saturated rings. The summed E-state index contributed by atoms with van der Waals surface area (Å²) in [5.41, 5.74) is 1.12. The van der Waals surface area contributed by atoms with Gasteiger partial charge in [0.1, 0.15) is 5.82 Å². The number of hydrogen-bond donors (Lipinski definition) is 0. The maximum Gasteiger partial charge on any atom is 0.132 e. The Morgan fingerprint density at radius 2 is 2.45 bits per heavy atom. The minimum absolute atomic E-state index is 0.961. The number of allylic oxidation sites excluding steroid dienone is 2. The first-order chi connectivity index (χ1) is 5.24. The van der Waals surface area contributed by atoms with Gasteiger partial charge in [-0.2, -0.15) is 0 Å². The largest absolute Gasteiger partial charge is 0.335 e. The van der Waals surface area contributed by atoms with Crippen molar-refractivity contribution >= 4 is 6.08 Å². The molecule has 0 atom stereocenters. The number of hydrogen-bond acceptors (Lipinski definition) is 1. The van der Waals surface area contributed by atoms with Gasteiger partial charge in [0.05, 0.1) is 0 Å². The SMILES string of the molecule is C=C/C(C)=C\c1nccn1C. The molecule has 0 aliphatic carbocycles. The van der Waals surface area contributed by atoms with Crippen molar-refractivity contribution in [2.75, 3.05) is 0 Å². The second-order valence-corrected chi connectivity index (χ2v) is 2.49. The lowest BCUT2D eigenvalue weighted by Gasteiger charge is -1.94. The summed E-state index contributed by atoms with van der Waals surface area (Å²) in [5.74, 6) is 0.961. The number of imidazole rings is 1. The van der Waals surface area contributed by atoms with Crippen LogP contribution in [-0.2, 0) is 7.05 Å². The molecule has 0 spiro atoms. The number of nitrogens with zero attached hydrogens (tertiary/aromatic N) is 2. The van der Waals surface area contributed by atoms with Crippen molar-refractivity contribution in [2.45, 2.75) is 6.92 Å². The zero-order chi connectivity index (χ0) is 8.27. The van der Waals surface area contributed by atoms with Gasteiger partial charge in [0.25, 0.3) is 0 Å². The van der Waals surface area contributed by atoms with Crippen LogP contribution in [-0.4, -0.2) is 9.55 Å². The van der Waals surface area contributed by atoms with E-state index in [0.717, 1.165) is 11.4 Å². The third kappa shape index (κ3) is 1.80. The third-order valence-corrected chi connectivity index (χ3v) is 1.54. The molecule has 0 aromatic carbocycles. The van der Waals surface area contributed by atoms with Gasteiger partial charge in [-0.05, 0) is 18.6 Å². The molecule has 0 bridgehead atoms. The number of aryl methyl sites for hydroxylation is 1. The quantitative estimate of drug-likeness (QED) is 0.586. The lowest BCUT2D eigenvalue weighted by molar-refractivity contribution is 0.896. The number of rotatable bonds is 2. The summed E-state index contributed by atoms with van der Waals surface area (Å²) in [7, 11) is 1.97. The molecule has 2 heteroatoms. The molecule has 0 radical (unpaired) electrons. The first-order valence-electron chi connectivity index (χ1n) is 3.52. The van der Waals surface area contributed by atoms with Gasteiger partial charge < -0.3 is 4.57 Å². The summed E-state index contributed by atoms with van der Waals surface area (Å²) in [6.07, 6.45) is 7.51. The summed E-state index contributed by atoms with van der Waals surface area (Å²) in [6.45, 7) is 5.67. The van der Waals surface area contributed by atoms with E-state index in [2.05, 4.69) is 11.6 Å². The fourth-order valence-corrected chi connectivity index (χ4v) is 0.779. The zero-order valence-electron chi connectivity index (χ0n) is 6.91. The molecule has 11 heavy (non-hydrogen) atoms. The van der Waals surface area contributed by atoms with Gasteiger partial charge in [0, 0.05) is 19.4 Å². The van der Waals surface area contributed by atoms with Crippen LogP contribution in [0.1, 0.15) is 12.7 Å². The van der Waals surface area contributed by atoms with Crippen LogP contribution in [0.3, 0.4) is 0 Å². The average Bonchev–Trinajstić information content (AvgIpc) is 2.37. The number of aromatic nitrogens is 2.